The Bertz CT molecular complexity index is 1010. The third kappa shape index (κ3) is 5.43. The molecule has 2 saturated heterocycles. The maximum absolute atomic E-state index is 13.2. The number of benzene rings is 1. The molecule has 1 aromatic heterocycles. The molecule has 0 amide bonds. The number of nitrogens with zero attached hydrogens (tertiary/aromatic N) is 3. The van der Waals surface area contributed by atoms with E-state index in [-0.39, 0.29) is 18.7 Å². The van der Waals surface area contributed by atoms with Gasteiger partial charge in [-0.05, 0) is 43.0 Å². The zero-order valence-corrected chi connectivity index (χ0v) is 20.8. The number of aliphatic hydroxyl groups is 2. The first kappa shape index (κ1) is 24.6. The summed E-state index contributed by atoms with van der Waals surface area (Å²) in [7, 11) is -3.54. The lowest BCUT2D eigenvalue weighted by Crippen LogP contribution is -2.60. The fourth-order valence-electron chi connectivity index (χ4n) is 4.51. The molecule has 2 atom stereocenters. The molecule has 0 aliphatic carbocycles. The van der Waals surface area contributed by atoms with Crippen molar-refractivity contribution in [2.24, 2.45) is 0 Å². The average molecular weight is 496 g/mol. The van der Waals surface area contributed by atoms with Crippen LogP contribution in [0.5, 0.6) is 0 Å². The average Bonchev–Trinajstić information content (AvgIpc) is 3.35. The van der Waals surface area contributed by atoms with Gasteiger partial charge in [-0.2, -0.15) is 4.31 Å². The Morgan fingerprint density at radius 3 is 2.52 bits per heavy atom. The Balaban J connectivity index is 1.60. The molecule has 0 saturated carbocycles. The van der Waals surface area contributed by atoms with Crippen molar-refractivity contribution in [3.05, 3.63) is 47.3 Å². The number of anilines is 1. The maximum Gasteiger partial charge on any atom is 0.252 e. The molecule has 1 aromatic carbocycles. The summed E-state index contributed by atoms with van der Waals surface area (Å²) in [4.78, 5) is 4.45. The van der Waals surface area contributed by atoms with Crippen LogP contribution in [0, 0.1) is 0 Å². The number of sulfonamides is 1. The van der Waals surface area contributed by atoms with Gasteiger partial charge < -0.3 is 19.8 Å². The Labute approximate surface area is 200 Å². The third-order valence-electron chi connectivity index (χ3n) is 6.45. The predicted molar refractivity (Wildman–Crippen MR) is 129 cm³/mol. The zero-order chi connectivity index (χ0) is 23.6. The lowest BCUT2D eigenvalue weighted by molar-refractivity contribution is -0.0308. The summed E-state index contributed by atoms with van der Waals surface area (Å²) in [6.07, 6.45) is 0. The van der Waals surface area contributed by atoms with Gasteiger partial charge in [0.2, 0.25) is 0 Å². The van der Waals surface area contributed by atoms with Gasteiger partial charge in [-0.1, -0.05) is 18.2 Å². The maximum atomic E-state index is 13.2. The van der Waals surface area contributed by atoms with Crippen molar-refractivity contribution in [2.45, 2.75) is 35.7 Å². The number of piperazine rings is 1. The topological polar surface area (TPSA) is 93.6 Å². The third-order valence-corrected chi connectivity index (χ3v) is 9.68. The Morgan fingerprint density at radius 2 is 1.88 bits per heavy atom. The summed E-state index contributed by atoms with van der Waals surface area (Å²) < 4.78 is 33.9. The van der Waals surface area contributed by atoms with Gasteiger partial charge >= 0.3 is 0 Å². The first-order chi connectivity index (χ1) is 15.7. The van der Waals surface area contributed by atoms with Crippen LogP contribution in [0.15, 0.2) is 46.0 Å². The van der Waals surface area contributed by atoms with E-state index in [1.165, 1.54) is 11.3 Å². The normalized spacial score (nSPS) is 23.7. The molecular formula is C23H33N3O5S2. The van der Waals surface area contributed by atoms with Crippen LogP contribution in [0.1, 0.15) is 19.4 Å². The summed E-state index contributed by atoms with van der Waals surface area (Å²) in [6, 6.07) is 11.1. The van der Waals surface area contributed by atoms with Gasteiger partial charge in [0.15, 0.2) is 0 Å². The first-order valence-corrected chi connectivity index (χ1v) is 13.6. The molecule has 0 radical (unpaired) electrons. The molecule has 2 fully saturated rings. The van der Waals surface area contributed by atoms with Crippen molar-refractivity contribution >= 4 is 27.0 Å². The molecule has 0 spiro atoms. The van der Waals surface area contributed by atoms with Gasteiger partial charge in [0, 0.05) is 38.4 Å². The molecule has 33 heavy (non-hydrogen) atoms. The number of aliphatic hydroxyl groups excluding tert-OH is 1. The number of ether oxygens (including phenoxy) is 1. The minimum absolute atomic E-state index is 0.00417. The molecule has 4 rings (SSSR count). The Kier molecular flexibility index (Phi) is 7.44. The van der Waals surface area contributed by atoms with Gasteiger partial charge in [-0.3, -0.25) is 4.90 Å². The molecular weight excluding hydrogens is 462 g/mol. The summed E-state index contributed by atoms with van der Waals surface area (Å²) in [5.41, 5.74) is 0.901. The fraction of sp³-hybridized carbons (Fsp3) is 0.565. The number of hydrogen-bond donors (Lipinski definition) is 2. The molecule has 10 heteroatoms. The van der Waals surface area contributed by atoms with E-state index in [2.05, 4.69) is 9.80 Å². The summed E-state index contributed by atoms with van der Waals surface area (Å²) >= 11 is 1.24. The molecule has 2 N–H and O–H groups in total. The van der Waals surface area contributed by atoms with Crippen LogP contribution in [0.4, 0.5) is 5.69 Å². The van der Waals surface area contributed by atoms with Gasteiger partial charge in [-0.15, -0.1) is 11.3 Å². The second-order valence-electron chi connectivity index (χ2n) is 9.15. The van der Waals surface area contributed by atoms with E-state index >= 15 is 0 Å². The van der Waals surface area contributed by atoms with E-state index in [1.54, 1.807) is 35.7 Å². The van der Waals surface area contributed by atoms with E-state index in [4.69, 9.17) is 4.74 Å². The van der Waals surface area contributed by atoms with Gasteiger partial charge in [0.25, 0.3) is 10.0 Å². The Morgan fingerprint density at radius 1 is 1.12 bits per heavy atom. The number of rotatable bonds is 7. The van der Waals surface area contributed by atoms with Gasteiger partial charge in [0.05, 0.1) is 37.5 Å². The van der Waals surface area contributed by atoms with Crippen molar-refractivity contribution in [2.75, 3.05) is 57.4 Å². The quantitative estimate of drug-likeness (QED) is 0.602. The van der Waals surface area contributed by atoms with Crippen molar-refractivity contribution < 1.29 is 23.4 Å². The highest BCUT2D eigenvalue weighted by Crippen LogP contribution is 2.29. The number of thiophene rings is 1. The highest BCUT2D eigenvalue weighted by molar-refractivity contribution is 7.91. The van der Waals surface area contributed by atoms with E-state index in [9.17, 15) is 18.6 Å². The molecule has 182 valence electrons. The predicted octanol–water partition coefficient (Wildman–Crippen LogP) is 1.55. The highest BCUT2D eigenvalue weighted by atomic mass is 32.2. The van der Waals surface area contributed by atoms with E-state index in [0.29, 0.717) is 50.1 Å². The van der Waals surface area contributed by atoms with Crippen LogP contribution in [-0.4, -0.2) is 92.5 Å². The van der Waals surface area contributed by atoms with Crippen LogP contribution in [0.3, 0.4) is 0 Å². The monoisotopic (exact) mass is 495 g/mol. The second kappa shape index (κ2) is 9.99. The Hall–Kier alpha value is -1.53. The van der Waals surface area contributed by atoms with Crippen molar-refractivity contribution in [1.29, 1.82) is 0 Å². The van der Waals surface area contributed by atoms with Crippen LogP contribution in [-0.2, 0) is 20.4 Å². The molecule has 2 aromatic rings. The summed E-state index contributed by atoms with van der Waals surface area (Å²) in [6.45, 7) is 7.23. The van der Waals surface area contributed by atoms with Crippen molar-refractivity contribution in [3.8, 4) is 0 Å². The molecule has 2 unspecified atom stereocenters. The highest BCUT2D eigenvalue weighted by Gasteiger charge is 2.37. The van der Waals surface area contributed by atoms with Crippen molar-refractivity contribution in [3.63, 3.8) is 0 Å². The first-order valence-electron chi connectivity index (χ1n) is 11.3. The second-order valence-corrected chi connectivity index (χ2v) is 12.3. The number of hydrogen-bond acceptors (Lipinski definition) is 8. The number of morpholine rings is 1. The molecule has 2 aliphatic heterocycles. The molecule has 3 heterocycles. The minimum Gasteiger partial charge on any atom is -0.395 e. The standard InChI is InChI=1S/C23H33N3O5S2/c1-23(2,28)18-5-7-19(8-6-18)26-10-9-25(33(29,30)22-4-3-13-32-22)15-20(26)14-24-11-12-31-17-21(24)16-27/h3-8,13,20-21,27-28H,9-12,14-17H2,1-2H3. The van der Waals surface area contributed by atoms with E-state index in [0.717, 1.165) is 11.3 Å². The van der Waals surface area contributed by atoms with E-state index in [1.807, 2.05) is 24.3 Å². The van der Waals surface area contributed by atoms with Gasteiger partial charge in [0.1, 0.15) is 4.21 Å². The fourth-order valence-corrected chi connectivity index (χ4v) is 7.12. The minimum atomic E-state index is -3.54. The molecule has 0 bridgehead atoms. The smallest absolute Gasteiger partial charge is 0.252 e. The zero-order valence-electron chi connectivity index (χ0n) is 19.1. The van der Waals surface area contributed by atoms with Crippen LogP contribution >= 0.6 is 11.3 Å². The van der Waals surface area contributed by atoms with Crippen LogP contribution < -0.4 is 4.90 Å². The molecule has 2 aliphatic rings. The van der Waals surface area contributed by atoms with Crippen LogP contribution in [0.25, 0.3) is 0 Å². The molecule has 8 nitrogen and oxygen atoms in total. The summed E-state index contributed by atoms with van der Waals surface area (Å²) in [5, 5.41) is 21.9. The van der Waals surface area contributed by atoms with E-state index < -0.39 is 15.6 Å². The summed E-state index contributed by atoms with van der Waals surface area (Å²) in [5.74, 6) is 0. The van der Waals surface area contributed by atoms with Gasteiger partial charge in [-0.25, -0.2) is 8.42 Å². The largest absolute Gasteiger partial charge is 0.395 e. The van der Waals surface area contributed by atoms with Crippen molar-refractivity contribution in [1.82, 2.24) is 9.21 Å². The lowest BCUT2D eigenvalue weighted by atomic mass is 9.98. The van der Waals surface area contributed by atoms with Crippen LogP contribution in [0.2, 0.25) is 0 Å². The SMILES string of the molecule is CC(C)(O)c1ccc(N2CCN(S(=O)(=O)c3cccs3)CC2CN2CCOCC2CO)cc1. The lowest BCUT2D eigenvalue weighted by Gasteiger charge is -2.45.